The van der Waals surface area contributed by atoms with Crippen molar-refractivity contribution in [2.24, 2.45) is 0 Å². The first-order valence-electron chi connectivity index (χ1n) is 19.2. The molecular weight excluding hydrogens is 776 g/mol. The summed E-state index contributed by atoms with van der Waals surface area (Å²) in [4.78, 5) is 54.5. The molecule has 2 N–H and O–H groups in total. The van der Waals surface area contributed by atoms with Gasteiger partial charge in [-0.1, -0.05) is 103 Å². The first kappa shape index (κ1) is 41.9. The van der Waals surface area contributed by atoms with E-state index in [-0.39, 0.29) is 35.5 Å². The Morgan fingerprint density at radius 2 is 0.967 bits per heavy atom. The molecule has 14 nitrogen and oxygen atoms in total. The molecule has 14 heteroatoms. The molecule has 2 heterocycles. The average Bonchev–Trinajstić information content (AvgIpc) is 3.30. The molecule has 9 atom stereocenters. The van der Waals surface area contributed by atoms with E-state index in [1.807, 2.05) is 30.3 Å². The van der Waals surface area contributed by atoms with E-state index < -0.39 is 85.8 Å². The summed E-state index contributed by atoms with van der Waals surface area (Å²) in [6.07, 6.45) is -14.2. The van der Waals surface area contributed by atoms with E-state index in [0.717, 1.165) is 5.56 Å². The molecule has 5 unspecified atom stereocenters. The standard InChI is InChI=1S/C46H42O14/c47-36-34(53-26-29-16-6-1-7-17-29)27-55-45(37(36)48)59-39-38(57-42(50)31-20-10-3-11-21-31)35(28-54-41(49)30-18-8-2-9-19-30)56-46(60-44(52)33-24-14-5-15-25-33)40(39)58-43(51)32-22-12-4-13-23-32/h1-25,34-40,45-48H,26-28H2/t34-,35?,36?,37?,38-,39?,40?,45-,46+/m1/s1. The fourth-order valence-corrected chi connectivity index (χ4v) is 6.59. The first-order chi connectivity index (χ1) is 29.2. The van der Waals surface area contributed by atoms with Gasteiger partial charge in [0, 0.05) is 0 Å². The second-order valence-corrected chi connectivity index (χ2v) is 13.9. The number of ether oxygens (including phenoxy) is 8. The summed E-state index contributed by atoms with van der Waals surface area (Å²) in [7, 11) is 0. The molecule has 2 fully saturated rings. The molecule has 2 aliphatic heterocycles. The Labute approximate surface area is 345 Å². The highest BCUT2D eigenvalue weighted by Crippen LogP contribution is 2.34. The maximum absolute atomic E-state index is 13.8. The fraction of sp³-hybridized carbons (Fsp3) is 0.261. The number of benzene rings is 5. The predicted molar refractivity (Wildman–Crippen MR) is 210 cm³/mol. The number of rotatable bonds is 14. The lowest BCUT2D eigenvalue weighted by molar-refractivity contribution is -0.342. The van der Waals surface area contributed by atoms with Crippen LogP contribution in [0.1, 0.15) is 47.0 Å². The van der Waals surface area contributed by atoms with Gasteiger partial charge in [0.1, 0.15) is 37.1 Å². The van der Waals surface area contributed by atoms with Crippen LogP contribution in [0.3, 0.4) is 0 Å². The van der Waals surface area contributed by atoms with Gasteiger partial charge in [0.15, 0.2) is 18.5 Å². The van der Waals surface area contributed by atoms with Crippen LogP contribution in [0.4, 0.5) is 0 Å². The molecule has 5 aromatic carbocycles. The Balaban J connectivity index is 1.24. The number of carbonyl (C=O) groups excluding carboxylic acids is 4. The maximum Gasteiger partial charge on any atom is 0.340 e. The van der Waals surface area contributed by atoms with Gasteiger partial charge in [-0.05, 0) is 54.1 Å². The predicted octanol–water partition coefficient (Wildman–Crippen LogP) is 4.93. The third kappa shape index (κ3) is 10.5. The van der Waals surface area contributed by atoms with Crippen molar-refractivity contribution in [2.75, 3.05) is 13.2 Å². The van der Waals surface area contributed by atoms with E-state index >= 15 is 0 Å². The van der Waals surface area contributed by atoms with E-state index in [9.17, 15) is 29.4 Å². The summed E-state index contributed by atoms with van der Waals surface area (Å²) < 4.78 is 48.2. The van der Waals surface area contributed by atoms with Gasteiger partial charge < -0.3 is 48.1 Å². The lowest BCUT2D eigenvalue weighted by atomic mass is 9.97. The molecule has 0 aromatic heterocycles. The van der Waals surface area contributed by atoms with Crippen molar-refractivity contribution in [1.29, 1.82) is 0 Å². The zero-order valence-corrected chi connectivity index (χ0v) is 32.0. The van der Waals surface area contributed by atoms with Crippen molar-refractivity contribution < 1.29 is 67.3 Å². The molecule has 60 heavy (non-hydrogen) atoms. The zero-order valence-electron chi connectivity index (χ0n) is 32.0. The lowest BCUT2D eigenvalue weighted by Crippen LogP contribution is -2.65. The van der Waals surface area contributed by atoms with Crippen LogP contribution in [0.2, 0.25) is 0 Å². The van der Waals surface area contributed by atoms with Gasteiger partial charge in [-0.25, -0.2) is 19.2 Å². The van der Waals surface area contributed by atoms with E-state index in [4.69, 9.17) is 37.9 Å². The van der Waals surface area contributed by atoms with Gasteiger partial charge in [-0.15, -0.1) is 0 Å². The summed E-state index contributed by atoms with van der Waals surface area (Å²) in [5.74, 6) is -3.41. The Hall–Kier alpha value is -6.26. The summed E-state index contributed by atoms with van der Waals surface area (Å²) >= 11 is 0. The highest BCUT2D eigenvalue weighted by molar-refractivity contribution is 5.91. The quantitative estimate of drug-likeness (QED) is 0.114. The number of aliphatic hydroxyl groups is 2. The first-order valence-corrected chi connectivity index (χ1v) is 19.2. The normalized spacial score (nSPS) is 25.0. The van der Waals surface area contributed by atoms with E-state index in [2.05, 4.69) is 0 Å². The van der Waals surface area contributed by atoms with Crippen molar-refractivity contribution in [3.8, 4) is 0 Å². The number of hydrogen-bond acceptors (Lipinski definition) is 14. The molecule has 0 spiro atoms. The second-order valence-electron chi connectivity index (χ2n) is 13.9. The minimum Gasteiger partial charge on any atom is -0.459 e. The van der Waals surface area contributed by atoms with Crippen molar-refractivity contribution in [3.05, 3.63) is 179 Å². The minimum absolute atomic E-state index is 0.101. The van der Waals surface area contributed by atoms with Crippen molar-refractivity contribution >= 4 is 23.9 Å². The molecule has 310 valence electrons. The molecule has 2 aliphatic rings. The fourth-order valence-electron chi connectivity index (χ4n) is 6.59. The number of carbonyl (C=O) groups is 4. The third-order valence-electron chi connectivity index (χ3n) is 9.75. The zero-order chi connectivity index (χ0) is 41.8. The molecule has 0 radical (unpaired) electrons. The van der Waals surface area contributed by atoms with E-state index in [1.165, 1.54) is 48.5 Å². The van der Waals surface area contributed by atoms with Crippen LogP contribution in [0.5, 0.6) is 0 Å². The SMILES string of the molecule is O=C(OCC1O[C@@H](OC(=O)c2ccccc2)C(OC(=O)c2ccccc2)C(O[C@H]2OC[C@@H](OCc3ccccc3)C(O)C2O)[C@@H]1OC(=O)c1ccccc1)c1ccccc1. The van der Waals surface area contributed by atoms with Gasteiger partial charge in [-0.3, -0.25) is 0 Å². The van der Waals surface area contributed by atoms with Crippen LogP contribution in [0.15, 0.2) is 152 Å². The molecule has 2 saturated heterocycles. The van der Waals surface area contributed by atoms with Crippen LogP contribution < -0.4 is 0 Å². The van der Waals surface area contributed by atoms with Crippen LogP contribution in [-0.4, -0.2) is 103 Å². The van der Waals surface area contributed by atoms with Crippen LogP contribution in [0, 0.1) is 0 Å². The van der Waals surface area contributed by atoms with E-state index in [1.54, 1.807) is 72.8 Å². The van der Waals surface area contributed by atoms with Crippen molar-refractivity contribution in [3.63, 3.8) is 0 Å². The summed E-state index contributed by atoms with van der Waals surface area (Å²) in [5, 5.41) is 22.8. The molecule has 0 bridgehead atoms. The highest BCUT2D eigenvalue weighted by atomic mass is 16.8. The molecule has 0 saturated carbocycles. The monoisotopic (exact) mass is 818 g/mol. The van der Waals surface area contributed by atoms with Crippen molar-refractivity contribution in [2.45, 2.75) is 61.9 Å². The molecule has 7 rings (SSSR count). The molecular formula is C46H42O14. The van der Waals surface area contributed by atoms with Crippen LogP contribution in [0.25, 0.3) is 0 Å². The minimum atomic E-state index is -1.80. The smallest absolute Gasteiger partial charge is 0.340 e. The maximum atomic E-state index is 13.8. The van der Waals surface area contributed by atoms with Crippen molar-refractivity contribution in [1.82, 2.24) is 0 Å². The van der Waals surface area contributed by atoms with Gasteiger partial charge in [0.25, 0.3) is 0 Å². The number of esters is 4. The van der Waals surface area contributed by atoms with Gasteiger partial charge >= 0.3 is 23.9 Å². The van der Waals surface area contributed by atoms with Gasteiger partial charge in [-0.2, -0.15) is 0 Å². The second kappa shape index (κ2) is 20.1. The average molecular weight is 819 g/mol. The number of aliphatic hydroxyl groups excluding tert-OH is 2. The van der Waals surface area contributed by atoms with E-state index in [0.29, 0.717) is 0 Å². The van der Waals surface area contributed by atoms with Gasteiger partial charge in [0.2, 0.25) is 6.29 Å². The van der Waals surface area contributed by atoms with Crippen LogP contribution in [-0.2, 0) is 44.5 Å². The van der Waals surface area contributed by atoms with Gasteiger partial charge in [0.05, 0.1) is 35.5 Å². The molecule has 0 amide bonds. The summed E-state index contributed by atoms with van der Waals surface area (Å²) in [5.41, 5.74) is 1.36. The summed E-state index contributed by atoms with van der Waals surface area (Å²) in [6.45, 7) is -0.741. The largest absolute Gasteiger partial charge is 0.459 e. The third-order valence-corrected chi connectivity index (χ3v) is 9.75. The number of hydrogen-bond donors (Lipinski definition) is 2. The Bertz CT molecular complexity index is 2160. The molecule has 5 aromatic rings. The highest BCUT2D eigenvalue weighted by Gasteiger charge is 2.55. The Kier molecular flexibility index (Phi) is 14.1. The molecule has 0 aliphatic carbocycles. The van der Waals surface area contributed by atoms with Crippen LogP contribution >= 0.6 is 0 Å². The summed E-state index contributed by atoms with van der Waals surface area (Å²) in [6, 6.07) is 41.1. The Morgan fingerprint density at radius 1 is 0.517 bits per heavy atom. The Morgan fingerprint density at radius 3 is 1.48 bits per heavy atom. The topological polar surface area (TPSA) is 183 Å². The lowest BCUT2D eigenvalue weighted by Gasteiger charge is -2.46.